The van der Waals surface area contributed by atoms with E-state index in [0.29, 0.717) is 6.54 Å². The number of nitrogens with one attached hydrogen (secondary N) is 1. The average Bonchev–Trinajstić information content (AvgIpc) is 2.80. The Hall–Kier alpha value is -1.52. The van der Waals surface area contributed by atoms with E-state index in [9.17, 15) is 4.79 Å². The Kier molecular flexibility index (Phi) is 3.22. The van der Waals surface area contributed by atoms with Crippen LogP contribution in [0.3, 0.4) is 0 Å². The van der Waals surface area contributed by atoms with Gasteiger partial charge in [0.2, 0.25) is 0 Å². The first kappa shape index (κ1) is 10.0. The van der Waals surface area contributed by atoms with E-state index >= 15 is 0 Å². The molecule has 5 heteroatoms. The molecule has 0 radical (unpaired) electrons. The van der Waals surface area contributed by atoms with Crippen LogP contribution in [0.15, 0.2) is 16.9 Å². The van der Waals surface area contributed by atoms with Crippen molar-refractivity contribution < 1.29 is 9.32 Å². The third kappa shape index (κ3) is 2.71. The maximum atomic E-state index is 11.6. The van der Waals surface area contributed by atoms with Crippen molar-refractivity contribution in [1.29, 1.82) is 0 Å². The molecule has 0 saturated carbocycles. The van der Waals surface area contributed by atoms with Gasteiger partial charge >= 0.3 is 6.03 Å². The molecule has 0 atom stereocenters. The summed E-state index contributed by atoms with van der Waals surface area (Å²) in [6, 6.07) is 1.74. The number of hydrogen-bond donors (Lipinski definition) is 1. The highest BCUT2D eigenvalue weighted by Gasteiger charge is 2.15. The molecule has 0 spiro atoms. The molecule has 1 saturated heterocycles. The van der Waals surface area contributed by atoms with Gasteiger partial charge in [-0.2, -0.15) is 0 Å². The zero-order chi connectivity index (χ0) is 10.5. The molecular weight excluding hydrogens is 194 g/mol. The Bertz CT molecular complexity index is 304. The smallest absolute Gasteiger partial charge is 0.317 e. The van der Waals surface area contributed by atoms with Gasteiger partial charge < -0.3 is 14.7 Å². The lowest BCUT2D eigenvalue weighted by Gasteiger charge is -2.26. The number of nitrogens with zero attached hydrogens (tertiary/aromatic N) is 2. The number of rotatable bonds is 2. The summed E-state index contributed by atoms with van der Waals surface area (Å²) in [7, 11) is 0. The molecule has 1 aromatic rings. The first-order valence-corrected chi connectivity index (χ1v) is 5.28. The summed E-state index contributed by atoms with van der Waals surface area (Å²) in [6.45, 7) is 2.17. The molecule has 5 nitrogen and oxygen atoms in total. The van der Waals surface area contributed by atoms with Crippen molar-refractivity contribution in [3.05, 3.63) is 18.0 Å². The SMILES string of the molecule is O=C(NCc1ccon1)N1CCCCC1. The highest BCUT2D eigenvalue weighted by Crippen LogP contribution is 2.08. The van der Waals surface area contributed by atoms with Crippen LogP contribution in [0.2, 0.25) is 0 Å². The number of amides is 2. The van der Waals surface area contributed by atoms with E-state index < -0.39 is 0 Å². The summed E-state index contributed by atoms with van der Waals surface area (Å²) < 4.78 is 4.68. The minimum absolute atomic E-state index is 0.00213. The van der Waals surface area contributed by atoms with Crippen molar-refractivity contribution in [3.8, 4) is 0 Å². The van der Waals surface area contributed by atoms with Crippen molar-refractivity contribution in [2.24, 2.45) is 0 Å². The molecule has 1 aliphatic heterocycles. The fourth-order valence-corrected chi connectivity index (χ4v) is 1.70. The Morgan fingerprint density at radius 1 is 1.47 bits per heavy atom. The fourth-order valence-electron chi connectivity index (χ4n) is 1.70. The molecule has 2 amide bonds. The molecule has 1 aliphatic rings. The normalized spacial score (nSPS) is 16.4. The van der Waals surface area contributed by atoms with Crippen LogP contribution in [0.4, 0.5) is 4.79 Å². The van der Waals surface area contributed by atoms with Gasteiger partial charge in [-0.15, -0.1) is 0 Å². The standard InChI is InChI=1S/C10H15N3O2/c14-10(13-5-2-1-3-6-13)11-8-9-4-7-15-12-9/h4,7H,1-3,5-6,8H2,(H,11,14). The van der Waals surface area contributed by atoms with E-state index in [1.165, 1.54) is 12.7 Å². The minimum Gasteiger partial charge on any atom is -0.364 e. The quantitative estimate of drug-likeness (QED) is 0.800. The highest BCUT2D eigenvalue weighted by atomic mass is 16.5. The Labute approximate surface area is 88.4 Å². The van der Waals surface area contributed by atoms with Crippen LogP contribution in [0.25, 0.3) is 0 Å². The summed E-state index contributed by atoms with van der Waals surface area (Å²) in [5.74, 6) is 0. The van der Waals surface area contributed by atoms with Gasteiger partial charge in [-0.25, -0.2) is 4.79 Å². The minimum atomic E-state index is -0.00213. The third-order valence-corrected chi connectivity index (χ3v) is 2.56. The predicted octanol–water partition coefficient (Wildman–Crippen LogP) is 1.37. The molecule has 2 heterocycles. The van der Waals surface area contributed by atoms with E-state index in [4.69, 9.17) is 0 Å². The predicted molar refractivity (Wildman–Crippen MR) is 54.2 cm³/mol. The van der Waals surface area contributed by atoms with E-state index in [2.05, 4.69) is 15.0 Å². The Balaban J connectivity index is 1.76. The van der Waals surface area contributed by atoms with Crippen molar-refractivity contribution >= 4 is 6.03 Å². The molecule has 1 aromatic heterocycles. The molecule has 0 bridgehead atoms. The molecular formula is C10H15N3O2. The van der Waals surface area contributed by atoms with Crippen LogP contribution in [0.5, 0.6) is 0 Å². The van der Waals surface area contributed by atoms with E-state index in [1.54, 1.807) is 6.07 Å². The maximum Gasteiger partial charge on any atom is 0.317 e. The second kappa shape index (κ2) is 4.82. The summed E-state index contributed by atoms with van der Waals surface area (Å²) in [5, 5.41) is 6.54. The van der Waals surface area contributed by atoms with E-state index in [1.807, 2.05) is 4.90 Å². The van der Waals surface area contributed by atoms with Gasteiger partial charge in [0, 0.05) is 19.2 Å². The topological polar surface area (TPSA) is 58.4 Å². The van der Waals surface area contributed by atoms with Gasteiger partial charge in [0.1, 0.15) is 12.0 Å². The third-order valence-electron chi connectivity index (χ3n) is 2.56. The molecule has 1 fully saturated rings. The zero-order valence-electron chi connectivity index (χ0n) is 8.61. The number of aromatic nitrogens is 1. The fraction of sp³-hybridized carbons (Fsp3) is 0.600. The highest BCUT2D eigenvalue weighted by molar-refractivity contribution is 5.74. The summed E-state index contributed by atoms with van der Waals surface area (Å²) in [4.78, 5) is 13.5. The first-order chi connectivity index (χ1) is 7.36. The van der Waals surface area contributed by atoms with E-state index in [-0.39, 0.29) is 6.03 Å². The Morgan fingerprint density at radius 2 is 2.27 bits per heavy atom. The number of likely N-dealkylation sites (tertiary alicyclic amines) is 1. The van der Waals surface area contributed by atoms with Crippen LogP contribution in [-0.4, -0.2) is 29.2 Å². The van der Waals surface area contributed by atoms with Crippen molar-refractivity contribution in [2.75, 3.05) is 13.1 Å². The lowest BCUT2D eigenvalue weighted by atomic mass is 10.1. The van der Waals surface area contributed by atoms with Crippen molar-refractivity contribution in [2.45, 2.75) is 25.8 Å². The average molecular weight is 209 g/mol. The summed E-state index contributed by atoms with van der Waals surface area (Å²) in [6.07, 6.45) is 4.95. The van der Waals surface area contributed by atoms with Gasteiger partial charge in [0.15, 0.2) is 0 Å². The van der Waals surface area contributed by atoms with E-state index in [0.717, 1.165) is 31.6 Å². The molecule has 82 valence electrons. The van der Waals surface area contributed by atoms with Gasteiger partial charge in [-0.1, -0.05) is 5.16 Å². The van der Waals surface area contributed by atoms with Crippen LogP contribution < -0.4 is 5.32 Å². The van der Waals surface area contributed by atoms with Crippen LogP contribution in [0, 0.1) is 0 Å². The van der Waals surface area contributed by atoms with Gasteiger partial charge in [0.25, 0.3) is 0 Å². The zero-order valence-corrected chi connectivity index (χ0v) is 8.61. The lowest BCUT2D eigenvalue weighted by molar-refractivity contribution is 0.186. The van der Waals surface area contributed by atoms with Gasteiger partial charge in [-0.3, -0.25) is 0 Å². The number of carbonyl (C=O) groups excluding carboxylic acids is 1. The van der Waals surface area contributed by atoms with Crippen LogP contribution in [0.1, 0.15) is 25.0 Å². The van der Waals surface area contributed by atoms with Crippen LogP contribution >= 0.6 is 0 Å². The van der Waals surface area contributed by atoms with Crippen molar-refractivity contribution in [3.63, 3.8) is 0 Å². The van der Waals surface area contributed by atoms with Crippen LogP contribution in [-0.2, 0) is 6.54 Å². The molecule has 2 rings (SSSR count). The van der Waals surface area contributed by atoms with Gasteiger partial charge in [0.05, 0.1) is 6.54 Å². The molecule has 1 N–H and O–H groups in total. The maximum absolute atomic E-state index is 11.6. The molecule has 0 aliphatic carbocycles. The lowest BCUT2D eigenvalue weighted by Crippen LogP contribution is -2.42. The summed E-state index contributed by atoms with van der Waals surface area (Å²) >= 11 is 0. The number of urea groups is 1. The Morgan fingerprint density at radius 3 is 2.93 bits per heavy atom. The summed E-state index contributed by atoms with van der Waals surface area (Å²) in [5.41, 5.74) is 0.750. The van der Waals surface area contributed by atoms with Gasteiger partial charge in [-0.05, 0) is 19.3 Å². The molecule has 15 heavy (non-hydrogen) atoms. The molecule has 0 unspecified atom stereocenters. The number of piperidine rings is 1. The van der Waals surface area contributed by atoms with Crippen molar-refractivity contribution in [1.82, 2.24) is 15.4 Å². The second-order valence-electron chi connectivity index (χ2n) is 3.70. The second-order valence-corrected chi connectivity index (χ2v) is 3.70. The number of hydrogen-bond acceptors (Lipinski definition) is 3. The molecule has 0 aromatic carbocycles. The monoisotopic (exact) mass is 209 g/mol. The first-order valence-electron chi connectivity index (χ1n) is 5.28. The largest absolute Gasteiger partial charge is 0.364 e. The number of carbonyl (C=O) groups is 1.